The summed E-state index contributed by atoms with van der Waals surface area (Å²) in [6.07, 6.45) is 1.95. The normalized spacial score (nSPS) is 11.9. The van der Waals surface area contributed by atoms with E-state index in [1.165, 1.54) is 6.26 Å². The molecule has 0 spiro atoms. The lowest BCUT2D eigenvalue weighted by Gasteiger charge is -2.14. The molecule has 0 aliphatic heterocycles. The molecule has 2 heterocycles. The van der Waals surface area contributed by atoms with Crippen molar-refractivity contribution in [3.8, 4) is 11.4 Å². The van der Waals surface area contributed by atoms with Crippen LogP contribution in [0.3, 0.4) is 0 Å². The quantitative estimate of drug-likeness (QED) is 0.513. The van der Waals surface area contributed by atoms with E-state index in [1.54, 1.807) is 24.3 Å². The van der Waals surface area contributed by atoms with Crippen LogP contribution in [0.25, 0.3) is 11.4 Å². The minimum Gasteiger partial charge on any atom is -0.459 e. The number of halogens is 1. The van der Waals surface area contributed by atoms with Crippen LogP contribution in [-0.2, 0) is 6.42 Å². The van der Waals surface area contributed by atoms with Crippen molar-refractivity contribution in [2.75, 3.05) is 0 Å². The van der Waals surface area contributed by atoms with Crippen LogP contribution in [0.15, 0.2) is 81.9 Å². The number of aromatic nitrogens is 2. The summed E-state index contributed by atoms with van der Waals surface area (Å²) in [5.41, 5.74) is 1.80. The second-order valence-corrected chi connectivity index (χ2v) is 6.59. The van der Waals surface area contributed by atoms with Crippen molar-refractivity contribution in [3.05, 3.63) is 95.2 Å². The zero-order valence-electron chi connectivity index (χ0n) is 14.7. The van der Waals surface area contributed by atoms with Crippen molar-refractivity contribution >= 4 is 17.5 Å². The van der Waals surface area contributed by atoms with Crippen LogP contribution in [0.2, 0.25) is 5.02 Å². The molecule has 1 amide bonds. The molecule has 0 bridgehead atoms. The molecule has 2 aromatic heterocycles. The molecule has 6 nitrogen and oxygen atoms in total. The van der Waals surface area contributed by atoms with E-state index < -0.39 is 6.04 Å². The van der Waals surface area contributed by atoms with Gasteiger partial charge in [0.2, 0.25) is 11.7 Å². The smallest absolute Gasteiger partial charge is 0.287 e. The van der Waals surface area contributed by atoms with Crippen LogP contribution in [0.1, 0.15) is 28.1 Å². The number of nitrogens with zero attached hydrogens (tertiary/aromatic N) is 2. The maximum Gasteiger partial charge on any atom is 0.287 e. The van der Waals surface area contributed by atoms with Crippen LogP contribution >= 0.6 is 11.6 Å². The number of hydrogen-bond acceptors (Lipinski definition) is 5. The summed E-state index contributed by atoms with van der Waals surface area (Å²) in [6, 6.07) is 19.6. The van der Waals surface area contributed by atoms with E-state index in [0.717, 1.165) is 11.1 Å². The SMILES string of the molecule is O=C(N[C@@H](Cc1ccccc1)c1nc(-c2ccc(Cl)cc2)no1)c1ccco1. The van der Waals surface area contributed by atoms with Crippen LogP contribution in [0.4, 0.5) is 0 Å². The zero-order chi connectivity index (χ0) is 19.3. The Kier molecular flexibility index (Phi) is 5.21. The van der Waals surface area contributed by atoms with Crippen molar-refractivity contribution in [2.45, 2.75) is 12.5 Å². The summed E-state index contributed by atoms with van der Waals surface area (Å²) >= 11 is 5.93. The standard InChI is InChI=1S/C21H16ClN3O3/c22-16-10-8-15(9-11-16)19-24-21(28-25-19)17(13-14-5-2-1-3-6-14)23-20(26)18-7-4-12-27-18/h1-12,17H,13H2,(H,23,26)/t17-/m0/s1. The minimum absolute atomic E-state index is 0.218. The third-order valence-corrected chi connectivity index (χ3v) is 4.43. The molecule has 0 saturated heterocycles. The van der Waals surface area contributed by atoms with E-state index in [0.29, 0.717) is 23.2 Å². The van der Waals surface area contributed by atoms with Crippen LogP contribution in [0.5, 0.6) is 0 Å². The van der Waals surface area contributed by atoms with E-state index in [1.807, 2.05) is 42.5 Å². The summed E-state index contributed by atoms with van der Waals surface area (Å²) in [5, 5.41) is 7.58. The van der Waals surface area contributed by atoms with Crippen molar-refractivity contribution in [1.82, 2.24) is 15.5 Å². The van der Waals surface area contributed by atoms with Gasteiger partial charge in [-0.3, -0.25) is 4.79 Å². The maximum absolute atomic E-state index is 12.5. The first-order valence-corrected chi connectivity index (χ1v) is 9.04. The number of rotatable bonds is 6. The number of furan rings is 1. The average Bonchev–Trinajstić information content (AvgIpc) is 3.41. The topological polar surface area (TPSA) is 81.2 Å². The molecule has 0 aliphatic carbocycles. The minimum atomic E-state index is -0.506. The number of benzene rings is 2. The van der Waals surface area contributed by atoms with Gasteiger partial charge in [-0.15, -0.1) is 0 Å². The zero-order valence-corrected chi connectivity index (χ0v) is 15.5. The lowest BCUT2D eigenvalue weighted by atomic mass is 10.1. The highest BCUT2D eigenvalue weighted by molar-refractivity contribution is 6.30. The Morgan fingerprint density at radius 3 is 2.54 bits per heavy atom. The lowest BCUT2D eigenvalue weighted by Crippen LogP contribution is -2.30. The third kappa shape index (κ3) is 4.13. The van der Waals surface area contributed by atoms with Gasteiger partial charge in [-0.05, 0) is 42.0 Å². The highest BCUT2D eigenvalue weighted by Crippen LogP contribution is 2.23. The number of nitrogens with one attached hydrogen (secondary N) is 1. The molecular weight excluding hydrogens is 378 g/mol. The highest BCUT2D eigenvalue weighted by atomic mass is 35.5. The van der Waals surface area contributed by atoms with Crippen molar-refractivity contribution in [3.63, 3.8) is 0 Å². The lowest BCUT2D eigenvalue weighted by molar-refractivity contribution is 0.0900. The first-order chi connectivity index (χ1) is 13.7. The Labute approximate surface area is 166 Å². The Morgan fingerprint density at radius 1 is 1.04 bits per heavy atom. The second kappa shape index (κ2) is 8.10. The molecule has 7 heteroatoms. The van der Waals surface area contributed by atoms with Gasteiger partial charge in [-0.2, -0.15) is 4.98 Å². The Bertz CT molecular complexity index is 1040. The van der Waals surface area contributed by atoms with Gasteiger partial charge in [-0.1, -0.05) is 47.1 Å². The fourth-order valence-corrected chi connectivity index (χ4v) is 2.91. The molecule has 0 unspecified atom stereocenters. The molecule has 0 aliphatic rings. The highest BCUT2D eigenvalue weighted by Gasteiger charge is 2.24. The molecular formula is C21H16ClN3O3. The predicted molar refractivity (Wildman–Crippen MR) is 104 cm³/mol. The number of hydrogen-bond donors (Lipinski definition) is 1. The monoisotopic (exact) mass is 393 g/mol. The fraction of sp³-hybridized carbons (Fsp3) is 0.0952. The van der Waals surface area contributed by atoms with Gasteiger partial charge in [0.15, 0.2) is 5.76 Å². The average molecular weight is 394 g/mol. The Balaban J connectivity index is 1.61. The van der Waals surface area contributed by atoms with E-state index in [-0.39, 0.29) is 11.7 Å². The number of carbonyl (C=O) groups is 1. The summed E-state index contributed by atoms with van der Waals surface area (Å²) in [4.78, 5) is 17.0. The van der Waals surface area contributed by atoms with Gasteiger partial charge in [0.05, 0.1) is 6.26 Å². The summed E-state index contributed by atoms with van der Waals surface area (Å²) in [6.45, 7) is 0. The van der Waals surface area contributed by atoms with Gasteiger partial charge >= 0.3 is 0 Å². The predicted octanol–water partition coefficient (Wildman–Crippen LogP) is 4.70. The molecule has 140 valence electrons. The van der Waals surface area contributed by atoms with E-state index >= 15 is 0 Å². The molecule has 28 heavy (non-hydrogen) atoms. The van der Waals surface area contributed by atoms with Crippen LogP contribution < -0.4 is 5.32 Å². The first-order valence-electron chi connectivity index (χ1n) is 8.67. The largest absolute Gasteiger partial charge is 0.459 e. The van der Waals surface area contributed by atoms with E-state index in [2.05, 4.69) is 15.5 Å². The maximum atomic E-state index is 12.5. The first kappa shape index (κ1) is 18.0. The summed E-state index contributed by atoms with van der Waals surface area (Å²) < 4.78 is 10.6. The molecule has 0 radical (unpaired) electrons. The van der Waals surface area contributed by atoms with Crippen molar-refractivity contribution in [2.24, 2.45) is 0 Å². The van der Waals surface area contributed by atoms with E-state index in [4.69, 9.17) is 20.5 Å². The van der Waals surface area contributed by atoms with Crippen LogP contribution in [0, 0.1) is 0 Å². The number of amides is 1. The number of carbonyl (C=O) groups excluding carboxylic acids is 1. The molecule has 0 fully saturated rings. The molecule has 1 atom stereocenters. The van der Waals surface area contributed by atoms with Gasteiger partial charge in [0, 0.05) is 17.0 Å². The molecule has 0 saturated carbocycles. The second-order valence-electron chi connectivity index (χ2n) is 6.16. The molecule has 4 aromatic rings. The summed E-state index contributed by atoms with van der Waals surface area (Å²) in [7, 11) is 0. The van der Waals surface area contributed by atoms with Crippen molar-refractivity contribution < 1.29 is 13.7 Å². The Hall–Kier alpha value is -3.38. The van der Waals surface area contributed by atoms with Gasteiger partial charge in [0.1, 0.15) is 6.04 Å². The van der Waals surface area contributed by atoms with Crippen molar-refractivity contribution in [1.29, 1.82) is 0 Å². The Morgan fingerprint density at radius 2 is 1.82 bits per heavy atom. The van der Waals surface area contributed by atoms with Crippen LogP contribution in [-0.4, -0.2) is 16.0 Å². The molecule has 2 aromatic carbocycles. The molecule has 4 rings (SSSR count). The third-order valence-electron chi connectivity index (χ3n) is 4.18. The van der Waals surface area contributed by atoms with E-state index in [9.17, 15) is 4.79 Å². The van der Waals surface area contributed by atoms with Gasteiger partial charge in [-0.25, -0.2) is 0 Å². The molecule has 1 N–H and O–H groups in total. The van der Waals surface area contributed by atoms with Gasteiger partial charge in [0.25, 0.3) is 5.91 Å². The van der Waals surface area contributed by atoms with Gasteiger partial charge < -0.3 is 14.3 Å². The summed E-state index contributed by atoms with van der Waals surface area (Å²) in [5.74, 6) is 0.610. The fourth-order valence-electron chi connectivity index (χ4n) is 2.78.